The third kappa shape index (κ3) is 5.20. The summed E-state index contributed by atoms with van der Waals surface area (Å²) in [7, 11) is 1.80. The van der Waals surface area contributed by atoms with E-state index in [9.17, 15) is 4.79 Å². The number of benzene rings is 1. The fourth-order valence-corrected chi connectivity index (χ4v) is 1.65. The largest absolute Gasteiger partial charge is 0.340 e. The monoisotopic (exact) mass is 256 g/mol. The molecule has 0 fully saturated rings. The molecule has 1 rings (SSSR count). The normalized spacial score (nSPS) is 11.5. The number of rotatable bonds is 5. The molecule has 1 aromatic rings. The van der Waals surface area contributed by atoms with Crippen molar-refractivity contribution in [1.82, 2.24) is 4.90 Å². The van der Waals surface area contributed by atoms with Gasteiger partial charge in [-0.25, -0.2) is 0 Å². The maximum absolute atomic E-state index is 11.8. The average Bonchev–Trinajstić information content (AvgIpc) is 2.29. The lowest BCUT2D eigenvalue weighted by atomic mass is 10.1. The first kappa shape index (κ1) is 15.9. The maximum Gasteiger partial charge on any atom is 0.239 e. The fraction of sp³-hybridized carbons (Fsp3) is 0.462. The van der Waals surface area contributed by atoms with Gasteiger partial charge >= 0.3 is 0 Å². The van der Waals surface area contributed by atoms with E-state index in [1.165, 1.54) is 0 Å². The van der Waals surface area contributed by atoms with Crippen LogP contribution in [0, 0.1) is 0 Å². The van der Waals surface area contributed by atoms with Gasteiger partial charge in [0.25, 0.3) is 0 Å². The number of nitrogens with two attached hydrogens (primary N) is 1. The van der Waals surface area contributed by atoms with E-state index in [0.29, 0.717) is 6.54 Å². The van der Waals surface area contributed by atoms with Crippen LogP contribution in [0.2, 0.25) is 0 Å². The Labute approximate surface area is 109 Å². The predicted molar refractivity (Wildman–Crippen MR) is 73.0 cm³/mol. The minimum absolute atomic E-state index is 0. The molecule has 4 heteroatoms. The topological polar surface area (TPSA) is 46.3 Å². The van der Waals surface area contributed by atoms with Gasteiger partial charge in [0.2, 0.25) is 5.91 Å². The van der Waals surface area contributed by atoms with Crippen molar-refractivity contribution in [2.24, 2.45) is 5.73 Å². The second-order valence-corrected chi connectivity index (χ2v) is 4.08. The van der Waals surface area contributed by atoms with Crippen LogP contribution >= 0.6 is 12.4 Å². The van der Waals surface area contributed by atoms with Crippen molar-refractivity contribution >= 4 is 18.3 Å². The Balaban J connectivity index is 0.00000256. The Kier molecular flexibility index (Phi) is 7.59. The minimum Gasteiger partial charge on any atom is -0.340 e. The van der Waals surface area contributed by atoms with Crippen LogP contribution in [0.25, 0.3) is 0 Å². The van der Waals surface area contributed by atoms with Crippen molar-refractivity contribution in [2.75, 3.05) is 7.05 Å². The van der Waals surface area contributed by atoms with Crippen LogP contribution in [-0.4, -0.2) is 23.9 Å². The number of likely N-dealkylation sites (N-methyl/N-ethyl adjacent to an activating group) is 1. The van der Waals surface area contributed by atoms with Crippen LogP contribution < -0.4 is 5.73 Å². The number of carbonyl (C=O) groups excluding carboxylic acids is 1. The summed E-state index contributed by atoms with van der Waals surface area (Å²) in [6.07, 6.45) is 1.68. The zero-order valence-electron chi connectivity index (χ0n) is 10.4. The van der Waals surface area contributed by atoms with E-state index in [-0.39, 0.29) is 24.4 Å². The van der Waals surface area contributed by atoms with Gasteiger partial charge in [0, 0.05) is 13.6 Å². The van der Waals surface area contributed by atoms with Crippen LogP contribution in [0.4, 0.5) is 0 Å². The first-order valence-electron chi connectivity index (χ1n) is 5.69. The minimum atomic E-state index is -0.362. The van der Waals surface area contributed by atoms with Gasteiger partial charge in [-0.05, 0) is 12.0 Å². The molecule has 0 aliphatic heterocycles. The lowest BCUT2D eigenvalue weighted by Crippen LogP contribution is -2.41. The standard InChI is InChI=1S/C13H20N2O.ClH/c1-3-7-12(14)13(16)15(2)10-11-8-5-4-6-9-11;/h4-6,8-9,12H,3,7,10,14H2,1-2H3;1H. The highest BCUT2D eigenvalue weighted by Gasteiger charge is 2.16. The highest BCUT2D eigenvalue weighted by molar-refractivity contribution is 5.85. The molecule has 3 nitrogen and oxygen atoms in total. The van der Waals surface area contributed by atoms with E-state index in [1.807, 2.05) is 37.3 Å². The molecule has 0 aliphatic carbocycles. The molecule has 1 unspecified atom stereocenters. The second kappa shape index (κ2) is 8.09. The molecule has 0 heterocycles. The Morgan fingerprint density at radius 3 is 2.47 bits per heavy atom. The van der Waals surface area contributed by atoms with E-state index in [1.54, 1.807) is 11.9 Å². The molecule has 0 spiro atoms. The Morgan fingerprint density at radius 2 is 1.94 bits per heavy atom. The number of hydrogen-bond donors (Lipinski definition) is 1. The summed E-state index contributed by atoms with van der Waals surface area (Å²) in [5, 5.41) is 0. The van der Waals surface area contributed by atoms with Gasteiger partial charge in [0.05, 0.1) is 6.04 Å². The van der Waals surface area contributed by atoms with Crippen molar-refractivity contribution in [3.8, 4) is 0 Å². The molecule has 2 N–H and O–H groups in total. The molecular weight excluding hydrogens is 236 g/mol. The zero-order chi connectivity index (χ0) is 12.0. The summed E-state index contributed by atoms with van der Waals surface area (Å²) in [4.78, 5) is 13.5. The predicted octanol–water partition coefficient (Wildman–Crippen LogP) is 2.19. The Bertz CT molecular complexity index is 329. The average molecular weight is 257 g/mol. The summed E-state index contributed by atoms with van der Waals surface area (Å²) in [5.74, 6) is 0.0192. The third-order valence-electron chi connectivity index (χ3n) is 2.56. The summed E-state index contributed by atoms with van der Waals surface area (Å²) in [5.41, 5.74) is 6.92. The lowest BCUT2D eigenvalue weighted by Gasteiger charge is -2.21. The molecular formula is C13H21ClN2O. The number of nitrogens with zero attached hydrogens (tertiary/aromatic N) is 1. The maximum atomic E-state index is 11.8. The van der Waals surface area contributed by atoms with Gasteiger partial charge in [0.1, 0.15) is 0 Å². The van der Waals surface area contributed by atoms with E-state index in [2.05, 4.69) is 0 Å². The molecule has 0 aromatic heterocycles. The Hall–Kier alpha value is -1.06. The smallest absolute Gasteiger partial charge is 0.239 e. The highest BCUT2D eigenvalue weighted by Crippen LogP contribution is 2.05. The van der Waals surface area contributed by atoms with Gasteiger partial charge in [-0.15, -0.1) is 12.4 Å². The molecule has 0 saturated carbocycles. The number of halogens is 1. The molecule has 0 saturated heterocycles. The molecule has 1 aromatic carbocycles. The van der Waals surface area contributed by atoms with Crippen LogP contribution in [0.15, 0.2) is 30.3 Å². The lowest BCUT2D eigenvalue weighted by molar-refractivity contribution is -0.131. The molecule has 1 atom stereocenters. The van der Waals surface area contributed by atoms with Crippen molar-refractivity contribution in [1.29, 1.82) is 0 Å². The van der Waals surface area contributed by atoms with Crippen LogP contribution in [0.1, 0.15) is 25.3 Å². The highest BCUT2D eigenvalue weighted by atomic mass is 35.5. The van der Waals surface area contributed by atoms with E-state index in [0.717, 1.165) is 18.4 Å². The van der Waals surface area contributed by atoms with E-state index < -0.39 is 0 Å². The molecule has 1 amide bonds. The molecule has 0 radical (unpaired) electrons. The van der Waals surface area contributed by atoms with Gasteiger partial charge in [-0.1, -0.05) is 43.7 Å². The molecule has 0 bridgehead atoms. The first-order valence-corrected chi connectivity index (χ1v) is 5.69. The Morgan fingerprint density at radius 1 is 1.35 bits per heavy atom. The summed E-state index contributed by atoms with van der Waals surface area (Å²) >= 11 is 0. The van der Waals surface area contributed by atoms with Crippen LogP contribution in [-0.2, 0) is 11.3 Å². The van der Waals surface area contributed by atoms with E-state index in [4.69, 9.17) is 5.73 Å². The van der Waals surface area contributed by atoms with Gasteiger partial charge in [-0.2, -0.15) is 0 Å². The first-order chi connectivity index (χ1) is 7.65. The van der Waals surface area contributed by atoms with Gasteiger partial charge in [0.15, 0.2) is 0 Å². The third-order valence-corrected chi connectivity index (χ3v) is 2.56. The molecule has 96 valence electrons. The summed E-state index contributed by atoms with van der Waals surface area (Å²) in [6.45, 7) is 2.65. The van der Waals surface area contributed by atoms with Gasteiger partial charge in [-0.3, -0.25) is 4.79 Å². The fourth-order valence-electron chi connectivity index (χ4n) is 1.65. The molecule has 0 aliphatic rings. The van der Waals surface area contributed by atoms with Crippen LogP contribution in [0.5, 0.6) is 0 Å². The second-order valence-electron chi connectivity index (χ2n) is 4.08. The summed E-state index contributed by atoms with van der Waals surface area (Å²) < 4.78 is 0. The SMILES string of the molecule is CCCC(N)C(=O)N(C)Cc1ccccc1.Cl. The van der Waals surface area contributed by atoms with Crippen LogP contribution in [0.3, 0.4) is 0 Å². The van der Waals surface area contributed by atoms with Crippen molar-refractivity contribution in [3.05, 3.63) is 35.9 Å². The zero-order valence-corrected chi connectivity index (χ0v) is 11.2. The number of amides is 1. The molecule has 17 heavy (non-hydrogen) atoms. The quantitative estimate of drug-likeness (QED) is 0.878. The summed E-state index contributed by atoms with van der Waals surface area (Å²) in [6, 6.07) is 9.57. The van der Waals surface area contributed by atoms with Crippen molar-refractivity contribution in [3.63, 3.8) is 0 Å². The van der Waals surface area contributed by atoms with Crippen molar-refractivity contribution < 1.29 is 4.79 Å². The number of carbonyl (C=O) groups is 1. The van der Waals surface area contributed by atoms with E-state index >= 15 is 0 Å². The van der Waals surface area contributed by atoms with Crippen molar-refractivity contribution in [2.45, 2.75) is 32.4 Å². The number of hydrogen-bond acceptors (Lipinski definition) is 2. The van der Waals surface area contributed by atoms with Gasteiger partial charge < -0.3 is 10.6 Å².